The number of rotatable bonds is 9. The number of nitrogens with one attached hydrogen (secondary N) is 1. The molecule has 3 rings (SSSR count). The van der Waals surface area contributed by atoms with E-state index in [4.69, 9.17) is 27.1 Å². The van der Waals surface area contributed by atoms with Crippen molar-refractivity contribution in [3.8, 4) is 6.07 Å². The van der Waals surface area contributed by atoms with Crippen molar-refractivity contribution in [3.05, 3.63) is 82.9 Å². The van der Waals surface area contributed by atoms with Crippen LogP contribution in [0.15, 0.2) is 66.8 Å². The van der Waals surface area contributed by atoms with Gasteiger partial charge in [0.25, 0.3) is 0 Å². The number of carboxylic acids is 2. The van der Waals surface area contributed by atoms with E-state index in [1.807, 2.05) is 18.2 Å². The van der Waals surface area contributed by atoms with Gasteiger partial charge in [0, 0.05) is 47.7 Å². The summed E-state index contributed by atoms with van der Waals surface area (Å²) in [6.45, 7) is 2.67. The largest absolute Gasteiger partial charge is 0.478 e. The second-order valence-corrected chi connectivity index (χ2v) is 7.94. The Bertz CT molecular complexity index is 1060. The molecule has 0 saturated carbocycles. The van der Waals surface area contributed by atoms with E-state index >= 15 is 0 Å². The minimum absolute atomic E-state index is 0.558. The summed E-state index contributed by atoms with van der Waals surface area (Å²) >= 11 is 6.30. The zero-order chi connectivity index (χ0) is 24.8. The normalized spacial score (nSPS) is 12.3. The van der Waals surface area contributed by atoms with E-state index < -0.39 is 11.9 Å². The molecule has 8 heteroatoms. The van der Waals surface area contributed by atoms with Gasteiger partial charge < -0.3 is 20.4 Å². The number of anilines is 2. The van der Waals surface area contributed by atoms with Gasteiger partial charge in [0.2, 0.25) is 0 Å². The van der Waals surface area contributed by atoms with Crippen LogP contribution in [-0.4, -0.2) is 41.8 Å². The maximum Gasteiger partial charge on any atom is 0.328 e. The van der Waals surface area contributed by atoms with Gasteiger partial charge in [-0.05, 0) is 61.6 Å². The van der Waals surface area contributed by atoms with Crippen LogP contribution in [0.5, 0.6) is 0 Å². The van der Waals surface area contributed by atoms with Crippen molar-refractivity contribution in [1.29, 1.82) is 5.26 Å². The second-order valence-electron chi connectivity index (χ2n) is 7.51. The smallest absolute Gasteiger partial charge is 0.328 e. The Hall–Kier alpha value is -3.60. The van der Waals surface area contributed by atoms with Gasteiger partial charge >= 0.3 is 11.9 Å². The average Bonchev–Trinajstić information content (AvgIpc) is 2.96. The molecule has 3 N–H and O–H groups in total. The van der Waals surface area contributed by atoms with Crippen LogP contribution in [0.1, 0.15) is 24.0 Å². The van der Waals surface area contributed by atoms with Crippen LogP contribution >= 0.6 is 11.6 Å². The first kappa shape index (κ1) is 26.7. The maximum atomic E-state index is 9.55. The number of aliphatic carboxylic acids is 2. The Balaban J connectivity index is 0.000000440. The summed E-state index contributed by atoms with van der Waals surface area (Å²) in [5, 5.41) is 28.2. The lowest BCUT2D eigenvalue weighted by Crippen LogP contribution is -2.22. The lowest BCUT2D eigenvalue weighted by molar-refractivity contribution is -0.134. The van der Waals surface area contributed by atoms with Crippen molar-refractivity contribution in [2.45, 2.75) is 25.7 Å². The minimum atomic E-state index is -1.26. The molecule has 2 aromatic carbocycles. The number of carbonyl (C=O) groups is 2. The standard InChI is InChI=1S/C22H24ClN3.C4H4O4/c23-20-12-11-19-10-9-18-7-1-2-8-21(18)26(22(19)17-20)16-6-5-15-25-14-4-3-13-24;5-3(6)1-2-4(7)8/h1-4,7-8,11-12,17,25H,5-6,9-10,14-16H2;1-2H,(H,5,6)(H,7,8)/b4-3+;2-1-. The molecule has 7 nitrogen and oxygen atoms in total. The zero-order valence-corrected chi connectivity index (χ0v) is 19.5. The first-order chi connectivity index (χ1) is 16.4. The van der Waals surface area contributed by atoms with Crippen molar-refractivity contribution in [2.24, 2.45) is 0 Å². The van der Waals surface area contributed by atoms with E-state index in [2.05, 4.69) is 46.6 Å². The molecule has 0 radical (unpaired) electrons. The van der Waals surface area contributed by atoms with Gasteiger partial charge in [-0.15, -0.1) is 0 Å². The number of hydrogen-bond acceptors (Lipinski definition) is 5. The highest BCUT2D eigenvalue weighted by molar-refractivity contribution is 6.30. The molecule has 2 aromatic rings. The average molecular weight is 482 g/mol. The third-order valence-corrected chi connectivity index (χ3v) is 5.33. The second kappa shape index (κ2) is 14.5. The van der Waals surface area contributed by atoms with Crippen LogP contribution < -0.4 is 10.2 Å². The highest BCUT2D eigenvalue weighted by Crippen LogP contribution is 2.37. The van der Waals surface area contributed by atoms with E-state index in [9.17, 15) is 9.59 Å². The zero-order valence-electron chi connectivity index (χ0n) is 18.8. The highest BCUT2D eigenvalue weighted by atomic mass is 35.5. The van der Waals surface area contributed by atoms with E-state index in [-0.39, 0.29) is 0 Å². The third-order valence-electron chi connectivity index (χ3n) is 5.09. The lowest BCUT2D eigenvalue weighted by Gasteiger charge is -2.27. The Morgan fingerprint density at radius 1 is 1.03 bits per heavy atom. The fourth-order valence-corrected chi connectivity index (χ4v) is 3.75. The fraction of sp³-hybridized carbons (Fsp3) is 0.269. The van der Waals surface area contributed by atoms with E-state index in [0.29, 0.717) is 12.2 Å². The lowest BCUT2D eigenvalue weighted by atomic mass is 10.0. The fourth-order valence-electron chi connectivity index (χ4n) is 3.58. The van der Waals surface area contributed by atoms with Crippen LogP contribution in [0.2, 0.25) is 5.02 Å². The first-order valence-corrected chi connectivity index (χ1v) is 11.3. The van der Waals surface area contributed by atoms with Gasteiger partial charge in [0.1, 0.15) is 0 Å². The molecule has 0 bridgehead atoms. The molecule has 0 fully saturated rings. The number of allylic oxidation sites excluding steroid dienone is 1. The number of aryl methyl sites for hydroxylation is 2. The molecule has 0 aliphatic carbocycles. The molecule has 0 aromatic heterocycles. The predicted molar refractivity (Wildman–Crippen MR) is 134 cm³/mol. The van der Waals surface area contributed by atoms with Crippen LogP contribution in [0.25, 0.3) is 0 Å². The van der Waals surface area contributed by atoms with Crippen molar-refractivity contribution in [1.82, 2.24) is 5.32 Å². The number of hydrogen-bond donors (Lipinski definition) is 3. The summed E-state index contributed by atoms with van der Waals surface area (Å²) in [5.74, 6) is -2.51. The molecule has 0 saturated heterocycles. The van der Waals surface area contributed by atoms with Crippen LogP contribution in [0, 0.1) is 11.3 Å². The summed E-state index contributed by atoms with van der Waals surface area (Å²) in [4.78, 5) is 21.5. The monoisotopic (exact) mass is 481 g/mol. The predicted octanol–water partition coefficient (Wildman–Crippen LogP) is 4.74. The molecular weight excluding hydrogens is 454 g/mol. The number of fused-ring (bicyclic) bond motifs is 2. The van der Waals surface area contributed by atoms with Gasteiger partial charge in [-0.3, -0.25) is 0 Å². The quantitative estimate of drug-likeness (QED) is 0.269. The van der Waals surface area contributed by atoms with Gasteiger partial charge in [0.05, 0.1) is 6.07 Å². The minimum Gasteiger partial charge on any atom is -0.478 e. The van der Waals surface area contributed by atoms with Crippen molar-refractivity contribution in [2.75, 3.05) is 24.5 Å². The summed E-state index contributed by atoms with van der Waals surface area (Å²) in [5.41, 5.74) is 5.32. The number of benzene rings is 2. The molecule has 178 valence electrons. The summed E-state index contributed by atoms with van der Waals surface area (Å²) < 4.78 is 0. The van der Waals surface area contributed by atoms with Crippen molar-refractivity contribution in [3.63, 3.8) is 0 Å². The molecule has 0 amide bonds. The topological polar surface area (TPSA) is 114 Å². The molecule has 1 heterocycles. The van der Waals surface area contributed by atoms with Gasteiger partial charge in [0.15, 0.2) is 0 Å². The summed E-state index contributed by atoms with van der Waals surface area (Å²) in [6, 6.07) is 17.0. The number of unbranched alkanes of at least 4 members (excludes halogenated alkanes) is 1. The first-order valence-electron chi connectivity index (χ1n) is 11.0. The molecule has 1 aliphatic heterocycles. The Kier molecular flexibility index (Phi) is 11.4. The third kappa shape index (κ3) is 9.10. The van der Waals surface area contributed by atoms with E-state index in [1.54, 1.807) is 0 Å². The van der Waals surface area contributed by atoms with Gasteiger partial charge in [-0.2, -0.15) is 5.26 Å². The highest BCUT2D eigenvalue weighted by Gasteiger charge is 2.20. The summed E-state index contributed by atoms with van der Waals surface area (Å²) in [6.07, 6.45) is 8.78. The number of para-hydroxylation sites is 1. The number of nitrogens with zero attached hydrogens (tertiary/aromatic N) is 2. The number of nitriles is 1. The maximum absolute atomic E-state index is 9.55. The Morgan fingerprint density at radius 2 is 1.71 bits per heavy atom. The van der Waals surface area contributed by atoms with Crippen LogP contribution in [0.3, 0.4) is 0 Å². The summed E-state index contributed by atoms with van der Waals surface area (Å²) in [7, 11) is 0. The van der Waals surface area contributed by atoms with Crippen molar-refractivity contribution >= 4 is 34.9 Å². The molecule has 1 aliphatic rings. The van der Waals surface area contributed by atoms with Crippen LogP contribution in [0.4, 0.5) is 11.4 Å². The molecule has 34 heavy (non-hydrogen) atoms. The Labute approximate surface area is 204 Å². The molecule has 0 spiro atoms. The molecule has 0 atom stereocenters. The van der Waals surface area contributed by atoms with Gasteiger partial charge in [-0.25, -0.2) is 9.59 Å². The van der Waals surface area contributed by atoms with Gasteiger partial charge in [-0.1, -0.05) is 41.9 Å². The van der Waals surface area contributed by atoms with Crippen LogP contribution in [-0.2, 0) is 22.4 Å². The van der Waals surface area contributed by atoms with E-state index in [1.165, 1.54) is 28.6 Å². The Morgan fingerprint density at radius 3 is 2.38 bits per heavy atom. The number of carboxylic acid groups (broad SMARTS) is 2. The van der Waals surface area contributed by atoms with Crippen molar-refractivity contribution < 1.29 is 19.8 Å². The number of halogens is 1. The SMILES string of the molecule is N#C/C=C/CNCCCCN1c2ccccc2CCc2ccc(Cl)cc21.O=C(O)/C=C\C(=O)O. The molecule has 0 unspecified atom stereocenters. The molecular formula is C26H28ClN3O4. The van der Waals surface area contributed by atoms with E-state index in [0.717, 1.165) is 50.3 Å².